The van der Waals surface area contributed by atoms with E-state index in [0.717, 1.165) is 16.7 Å². The normalized spacial score (nSPS) is 18.3. The summed E-state index contributed by atoms with van der Waals surface area (Å²) in [6.45, 7) is 5.45. The van der Waals surface area contributed by atoms with Crippen LogP contribution in [0.4, 0.5) is 10.5 Å². The molecular weight excluding hydrogens is 328 g/mol. The number of carboxylic acid groups (broad SMARTS) is 1. The van der Waals surface area contributed by atoms with E-state index in [4.69, 9.17) is 5.11 Å². The zero-order valence-corrected chi connectivity index (χ0v) is 13.7. The summed E-state index contributed by atoms with van der Waals surface area (Å²) >= 11 is 0.862. The number of amides is 2. The van der Waals surface area contributed by atoms with Crippen molar-refractivity contribution in [2.45, 2.75) is 12.3 Å². The van der Waals surface area contributed by atoms with Gasteiger partial charge in [0.25, 0.3) is 11.1 Å². The van der Waals surface area contributed by atoms with Crippen LogP contribution >= 0.6 is 11.8 Å². The molecule has 1 saturated heterocycles. The van der Waals surface area contributed by atoms with Crippen LogP contribution in [-0.4, -0.2) is 32.5 Å². The van der Waals surface area contributed by atoms with Crippen LogP contribution in [-0.2, 0) is 4.79 Å². The van der Waals surface area contributed by atoms with Gasteiger partial charge >= 0.3 is 5.97 Å². The number of carbonyl (C=O) groups is 3. The molecular formula is C17H16N2O4S. The summed E-state index contributed by atoms with van der Waals surface area (Å²) in [7, 11) is 0. The Kier molecular flexibility index (Phi) is 5.59. The summed E-state index contributed by atoms with van der Waals surface area (Å²) in [6.07, 6.45) is 6.57. The van der Waals surface area contributed by atoms with Gasteiger partial charge in [-0.2, -0.15) is 0 Å². The molecule has 0 bridgehead atoms. The van der Waals surface area contributed by atoms with E-state index in [0.29, 0.717) is 11.4 Å². The first kappa shape index (κ1) is 17.6. The van der Waals surface area contributed by atoms with Crippen LogP contribution in [0.3, 0.4) is 0 Å². The number of nitrogens with one attached hydrogen (secondary N) is 1. The van der Waals surface area contributed by atoms with Crippen LogP contribution in [0, 0.1) is 0 Å². The van der Waals surface area contributed by atoms with Crippen molar-refractivity contribution in [1.29, 1.82) is 0 Å². The van der Waals surface area contributed by atoms with Gasteiger partial charge in [-0.1, -0.05) is 18.7 Å². The topological polar surface area (TPSA) is 86.7 Å². The summed E-state index contributed by atoms with van der Waals surface area (Å²) < 4.78 is 0. The average molecular weight is 344 g/mol. The van der Waals surface area contributed by atoms with Crippen molar-refractivity contribution in [1.82, 2.24) is 4.90 Å². The van der Waals surface area contributed by atoms with E-state index in [2.05, 4.69) is 11.9 Å². The summed E-state index contributed by atoms with van der Waals surface area (Å²) in [5.74, 6) is -1.43. The number of aromatic carboxylic acids is 1. The summed E-state index contributed by atoms with van der Waals surface area (Å²) in [6, 6.07) is 5.95. The number of carbonyl (C=O) groups excluding carboxylic acids is 2. The SMILES string of the molecule is C=C/C(=C\C=C/C)N1C(=O)S[C@@H](Nc2ccc(C(=O)O)cc2)C1=O. The lowest BCUT2D eigenvalue weighted by atomic mass is 10.2. The summed E-state index contributed by atoms with van der Waals surface area (Å²) in [4.78, 5) is 36.5. The van der Waals surface area contributed by atoms with E-state index in [-0.39, 0.29) is 5.56 Å². The Morgan fingerprint density at radius 2 is 2.00 bits per heavy atom. The van der Waals surface area contributed by atoms with Crippen molar-refractivity contribution in [2.24, 2.45) is 0 Å². The smallest absolute Gasteiger partial charge is 0.335 e. The number of imide groups is 1. The Labute approximate surface area is 143 Å². The van der Waals surface area contributed by atoms with Crippen LogP contribution in [0.1, 0.15) is 17.3 Å². The third kappa shape index (κ3) is 3.75. The molecule has 0 aromatic heterocycles. The zero-order chi connectivity index (χ0) is 17.7. The minimum atomic E-state index is -1.03. The van der Waals surface area contributed by atoms with Crippen molar-refractivity contribution in [3.05, 3.63) is 66.4 Å². The number of rotatable bonds is 6. The van der Waals surface area contributed by atoms with Gasteiger partial charge < -0.3 is 10.4 Å². The highest BCUT2D eigenvalue weighted by atomic mass is 32.2. The Morgan fingerprint density at radius 1 is 1.33 bits per heavy atom. The van der Waals surface area contributed by atoms with Gasteiger partial charge in [-0.05, 0) is 55.1 Å². The second-order valence-corrected chi connectivity index (χ2v) is 5.84. The molecule has 1 aromatic carbocycles. The van der Waals surface area contributed by atoms with E-state index in [1.54, 1.807) is 30.4 Å². The van der Waals surface area contributed by atoms with Gasteiger partial charge in [0.05, 0.1) is 11.3 Å². The molecule has 0 radical (unpaired) electrons. The molecule has 6 nitrogen and oxygen atoms in total. The molecule has 2 rings (SSSR count). The standard InChI is InChI=1S/C17H16N2O4S/c1-3-5-6-13(4-2)19-15(20)14(24-17(19)23)18-12-9-7-11(8-10-12)16(21)22/h3-10,14,18H,2H2,1H3,(H,21,22)/b5-3-,13-6+/t14-/m1/s1. The van der Waals surface area contributed by atoms with Crippen LogP contribution < -0.4 is 5.32 Å². The Bertz CT molecular complexity index is 737. The molecule has 0 unspecified atom stereocenters. The van der Waals surface area contributed by atoms with E-state index < -0.39 is 22.5 Å². The number of benzene rings is 1. The zero-order valence-electron chi connectivity index (χ0n) is 12.9. The van der Waals surface area contributed by atoms with Crippen molar-refractivity contribution in [3.8, 4) is 0 Å². The van der Waals surface area contributed by atoms with Gasteiger partial charge in [0.15, 0.2) is 5.37 Å². The van der Waals surface area contributed by atoms with E-state index in [9.17, 15) is 14.4 Å². The van der Waals surface area contributed by atoms with Gasteiger partial charge in [-0.25, -0.2) is 9.69 Å². The van der Waals surface area contributed by atoms with Crippen molar-refractivity contribution in [2.75, 3.05) is 5.32 Å². The van der Waals surface area contributed by atoms with Gasteiger partial charge in [0.1, 0.15) is 0 Å². The number of carboxylic acids is 1. The number of thioether (sulfide) groups is 1. The number of allylic oxidation sites excluding steroid dienone is 4. The second-order valence-electron chi connectivity index (χ2n) is 4.79. The molecule has 24 heavy (non-hydrogen) atoms. The molecule has 1 atom stereocenters. The van der Waals surface area contributed by atoms with E-state index in [1.807, 2.05) is 6.92 Å². The van der Waals surface area contributed by atoms with E-state index in [1.165, 1.54) is 18.2 Å². The molecule has 2 N–H and O–H groups in total. The minimum absolute atomic E-state index is 0.145. The maximum atomic E-state index is 12.5. The first-order valence-electron chi connectivity index (χ1n) is 7.07. The summed E-state index contributed by atoms with van der Waals surface area (Å²) in [5, 5.41) is 10.6. The second kappa shape index (κ2) is 7.65. The molecule has 1 fully saturated rings. The molecule has 124 valence electrons. The fourth-order valence-electron chi connectivity index (χ4n) is 2.02. The molecule has 2 amide bonds. The Hall–Kier alpha value is -2.80. The molecule has 1 aliphatic rings. The fourth-order valence-corrected chi connectivity index (χ4v) is 2.93. The number of anilines is 1. The Morgan fingerprint density at radius 3 is 2.54 bits per heavy atom. The van der Waals surface area contributed by atoms with Gasteiger partial charge in [-0.3, -0.25) is 9.59 Å². The maximum Gasteiger partial charge on any atom is 0.335 e. The molecule has 0 saturated carbocycles. The van der Waals surface area contributed by atoms with E-state index >= 15 is 0 Å². The summed E-state index contributed by atoms with van der Waals surface area (Å²) in [5.41, 5.74) is 1.10. The minimum Gasteiger partial charge on any atom is -0.478 e. The van der Waals surface area contributed by atoms with Crippen molar-refractivity contribution in [3.63, 3.8) is 0 Å². The predicted octanol–water partition coefficient (Wildman–Crippen LogP) is 3.46. The highest BCUT2D eigenvalue weighted by Gasteiger charge is 2.40. The monoisotopic (exact) mass is 344 g/mol. The van der Waals surface area contributed by atoms with Crippen LogP contribution in [0.15, 0.2) is 60.8 Å². The quantitative estimate of drug-likeness (QED) is 0.769. The van der Waals surface area contributed by atoms with Crippen LogP contribution in [0.2, 0.25) is 0 Å². The molecule has 1 aliphatic heterocycles. The van der Waals surface area contributed by atoms with Crippen LogP contribution in [0.5, 0.6) is 0 Å². The maximum absolute atomic E-state index is 12.5. The van der Waals surface area contributed by atoms with Crippen molar-refractivity contribution >= 4 is 34.6 Å². The van der Waals surface area contributed by atoms with Gasteiger partial charge in [0.2, 0.25) is 0 Å². The molecule has 1 aromatic rings. The van der Waals surface area contributed by atoms with Crippen molar-refractivity contribution < 1.29 is 19.5 Å². The van der Waals surface area contributed by atoms with Gasteiger partial charge in [0, 0.05) is 5.69 Å². The largest absolute Gasteiger partial charge is 0.478 e. The number of hydrogen-bond acceptors (Lipinski definition) is 5. The predicted molar refractivity (Wildman–Crippen MR) is 93.7 cm³/mol. The molecule has 7 heteroatoms. The first-order valence-corrected chi connectivity index (χ1v) is 7.95. The third-order valence-electron chi connectivity index (χ3n) is 3.20. The molecule has 1 heterocycles. The highest BCUT2D eigenvalue weighted by molar-refractivity contribution is 8.15. The van der Waals surface area contributed by atoms with Crippen LogP contribution in [0.25, 0.3) is 0 Å². The average Bonchev–Trinajstić information content (AvgIpc) is 2.83. The first-order chi connectivity index (χ1) is 11.5. The third-order valence-corrected chi connectivity index (χ3v) is 4.14. The molecule has 0 aliphatic carbocycles. The molecule has 0 spiro atoms. The fraction of sp³-hybridized carbons (Fsp3) is 0.118. The van der Waals surface area contributed by atoms with Gasteiger partial charge in [-0.15, -0.1) is 0 Å². The highest BCUT2D eigenvalue weighted by Crippen LogP contribution is 2.31. The Balaban J connectivity index is 2.16. The lowest BCUT2D eigenvalue weighted by Crippen LogP contribution is -2.33. The lowest BCUT2D eigenvalue weighted by Gasteiger charge is -2.15. The lowest BCUT2D eigenvalue weighted by molar-refractivity contribution is -0.124. The number of nitrogens with zero attached hydrogens (tertiary/aromatic N) is 1. The number of hydrogen-bond donors (Lipinski definition) is 2.